The van der Waals surface area contributed by atoms with Gasteiger partial charge in [-0.05, 0) is 43.4 Å². The number of amides is 1. The van der Waals surface area contributed by atoms with Gasteiger partial charge in [0.1, 0.15) is 0 Å². The highest BCUT2D eigenvalue weighted by atomic mass is 32.2. The smallest absolute Gasteiger partial charge is 0.336 e. The zero-order valence-corrected chi connectivity index (χ0v) is 12.3. The number of benzene rings is 1. The maximum Gasteiger partial charge on any atom is 0.336 e. The summed E-state index contributed by atoms with van der Waals surface area (Å²) >= 11 is 1.72. The molecule has 0 aliphatic heterocycles. The summed E-state index contributed by atoms with van der Waals surface area (Å²) in [5.41, 5.74) is 1.66. The van der Waals surface area contributed by atoms with Gasteiger partial charge in [0.05, 0.1) is 11.1 Å². The maximum absolute atomic E-state index is 12.1. The number of rotatable bonds is 6. The summed E-state index contributed by atoms with van der Waals surface area (Å²) < 4.78 is 0. The Morgan fingerprint density at radius 2 is 1.79 bits per heavy atom. The number of carbonyl (C=O) groups is 2. The van der Waals surface area contributed by atoms with E-state index in [4.69, 9.17) is 0 Å². The van der Waals surface area contributed by atoms with Crippen LogP contribution in [-0.4, -0.2) is 35.5 Å². The van der Waals surface area contributed by atoms with Crippen LogP contribution in [0.5, 0.6) is 0 Å². The predicted molar refractivity (Wildman–Crippen MR) is 78.2 cm³/mol. The first-order chi connectivity index (χ1) is 8.99. The second kappa shape index (κ2) is 7.19. The van der Waals surface area contributed by atoms with Crippen molar-refractivity contribution in [1.82, 2.24) is 5.32 Å². The molecule has 0 saturated heterocycles. The fraction of sp³-hybridized carbons (Fsp3) is 0.429. The molecule has 0 unspecified atom stereocenters. The molecule has 1 amide bonds. The Balaban J connectivity index is 2.95. The molecular formula is C14H19NO3S. The lowest BCUT2D eigenvalue weighted by Crippen LogP contribution is -2.28. The Kier molecular flexibility index (Phi) is 5.89. The molecule has 0 heterocycles. The number of nitrogens with one attached hydrogen (secondary N) is 1. The highest BCUT2D eigenvalue weighted by Crippen LogP contribution is 2.18. The van der Waals surface area contributed by atoms with Gasteiger partial charge in [0, 0.05) is 6.54 Å². The lowest BCUT2D eigenvalue weighted by Gasteiger charge is -2.12. The standard InChI is InChI=1S/C14H19NO3S/c1-9-5-6-10(2)12(14(17)18)11(9)13(16)15-7-4-8-19-3/h5-6H,4,7-8H2,1-3H3,(H,15,16)(H,17,18). The Labute approximate surface area is 117 Å². The van der Waals surface area contributed by atoms with E-state index in [9.17, 15) is 14.7 Å². The largest absolute Gasteiger partial charge is 0.478 e. The zero-order valence-electron chi connectivity index (χ0n) is 11.4. The first kappa shape index (κ1) is 15.6. The molecule has 0 fully saturated rings. The average molecular weight is 281 g/mol. The van der Waals surface area contributed by atoms with Gasteiger partial charge < -0.3 is 10.4 Å². The van der Waals surface area contributed by atoms with Crippen LogP contribution in [0.4, 0.5) is 0 Å². The van der Waals surface area contributed by atoms with Gasteiger partial charge in [-0.25, -0.2) is 4.79 Å². The molecule has 0 spiro atoms. The number of carbonyl (C=O) groups excluding carboxylic acids is 1. The Hall–Kier alpha value is -1.49. The molecular weight excluding hydrogens is 262 g/mol. The van der Waals surface area contributed by atoms with Gasteiger partial charge in [-0.2, -0.15) is 11.8 Å². The molecule has 0 bridgehead atoms. The highest BCUT2D eigenvalue weighted by Gasteiger charge is 2.20. The van der Waals surface area contributed by atoms with Gasteiger partial charge in [0.25, 0.3) is 5.91 Å². The van der Waals surface area contributed by atoms with Crippen LogP contribution in [0.25, 0.3) is 0 Å². The Morgan fingerprint density at radius 3 is 2.32 bits per heavy atom. The molecule has 5 heteroatoms. The van der Waals surface area contributed by atoms with Crippen molar-refractivity contribution in [3.63, 3.8) is 0 Å². The summed E-state index contributed by atoms with van der Waals surface area (Å²) in [6, 6.07) is 3.50. The summed E-state index contributed by atoms with van der Waals surface area (Å²) in [5.74, 6) is -0.394. The van der Waals surface area contributed by atoms with Gasteiger partial charge in [-0.15, -0.1) is 0 Å². The van der Waals surface area contributed by atoms with E-state index in [1.807, 2.05) is 6.26 Å². The van der Waals surface area contributed by atoms with Crippen molar-refractivity contribution in [2.75, 3.05) is 18.6 Å². The molecule has 1 aromatic carbocycles. The van der Waals surface area contributed by atoms with Crippen molar-refractivity contribution in [2.24, 2.45) is 0 Å². The van der Waals surface area contributed by atoms with E-state index in [-0.39, 0.29) is 17.0 Å². The Morgan fingerprint density at radius 1 is 1.21 bits per heavy atom. The first-order valence-electron chi connectivity index (χ1n) is 6.09. The minimum Gasteiger partial charge on any atom is -0.478 e. The Bertz CT molecular complexity index is 486. The van der Waals surface area contributed by atoms with Crippen molar-refractivity contribution < 1.29 is 14.7 Å². The zero-order chi connectivity index (χ0) is 14.4. The third-order valence-corrected chi connectivity index (χ3v) is 3.57. The summed E-state index contributed by atoms with van der Waals surface area (Å²) in [6.07, 6.45) is 2.88. The van der Waals surface area contributed by atoms with Crippen molar-refractivity contribution in [2.45, 2.75) is 20.3 Å². The van der Waals surface area contributed by atoms with E-state index in [0.29, 0.717) is 17.7 Å². The van der Waals surface area contributed by atoms with E-state index in [0.717, 1.165) is 12.2 Å². The van der Waals surface area contributed by atoms with Crippen molar-refractivity contribution in [3.05, 3.63) is 34.4 Å². The van der Waals surface area contributed by atoms with Crippen LogP contribution in [-0.2, 0) is 0 Å². The van der Waals surface area contributed by atoms with Crippen LogP contribution in [0, 0.1) is 13.8 Å². The number of aromatic carboxylic acids is 1. The molecule has 1 aromatic rings. The number of hydrogen-bond acceptors (Lipinski definition) is 3. The summed E-state index contributed by atoms with van der Waals surface area (Å²) in [7, 11) is 0. The summed E-state index contributed by atoms with van der Waals surface area (Å²) in [5, 5.41) is 12.0. The lowest BCUT2D eigenvalue weighted by atomic mass is 9.96. The van der Waals surface area contributed by atoms with Gasteiger partial charge in [-0.1, -0.05) is 12.1 Å². The number of hydrogen-bond donors (Lipinski definition) is 2. The van der Waals surface area contributed by atoms with E-state index < -0.39 is 5.97 Å². The molecule has 1 rings (SSSR count). The summed E-state index contributed by atoms with van der Waals surface area (Å²) in [4.78, 5) is 23.4. The molecule has 4 nitrogen and oxygen atoms in total. The fourth-order valence-electron chi connectivity index (χ4n) is 1.89. The van der Waals surface area contributed by atoms with Gasteiger partial charge in [-0.3, -0.25) is 4.79 Å². The molecule has 0 saturated carbocycles. The van der Waals surface area contributed by atoms with Crippen LogP contribution in [0.2, 0.25) is 0 Å². The van der Waals surface area contributed by atoms with Gasteiger partial charge >= 0.3 is 5.97 Å². The number of aryl methyl sites for hydroxylation is 2. The molecule has 19 heavy (non-hydrogen) atoms. The lowest BCUT2D eigenvalue weighted by molar-refractivity contribution is 0.0690. The number of thioether (sulfide) groups is 1. The highest BCUT2D eigenvalue weighted by molar-refractivity contribution is 7.98. The van der Waals surface area contributed by atoms with Crippen molar-refractivity contribution in [1.29, 1.82) is 0 Å². The molecule has 0 atom stereocenters. The van der Waals surface area contributed by atoms with Crippen LogP contribution >= 0.6 is 11.8 Å². The molecule has 0 radical (unpaired) electrons. The normalized spacial score (nSPS) is 10.3. The first-order valence-corrected chi connectivity index (χ1v) is 7.49. The minimum absolute atomic E-state index is 0.0994. The fourth-order valence-corrected chi connectivity index (χ4v) is 2.32. The van der Waals surface area contributed by atoms with Crippen LogP contribution < -0.4 is 5.32 Å². The van der Waals surface area contributed by atoms with E-state index in [1.165, 1.54) is 0 Å². The summed E-state index contributed by atoms with van der Waals surface area (Å²) in [6.45, 7) is 4.02. The van der Waals surface area contributed by atoms with Crippen molar-refractivity contribution >= 4 is 23.6 Å². The molecule has 104 valence electrons. The van der Waals surface area contributed by atoms with Crippen molar-refractivity contribution in [3.8, 4) is 0 Å². The molecule has 0 aromatic heterocycles. The minimum atomic E-state index is -1.06. The monoisotopic (exact) mass is 281 g/mol. The molecule has 0 aliphatic rings. The third kappa shape index (κ3) is 3.99. The third-order valence-electron chi connectivity index (χ3n) is 2.87. The molecule has 2 N–H and O–H groups in total. The van der Waals surface area contributed by atoms with Crippen LogP contribution in [0.15, 0.2) is 12.1 Å². The van der Waals surface area contributed by atoms with Gasteiger partial charge in [0.2, 0.25) is 0 Å². The van der Waals surface area contributed by atoms with E-state index in [1.54, 1.807) is 37.7 Å². The SMILES string of the molecule is CSCCCNC(=O)c1c(C)ccc(C)c1C(=O)O. The number of carboxylic acids is 1. The van der Waals surface area contributed by atoms with E-state index >= 15 is 0 Å². The van der Waals surface area contributed by atoms with Crippen LogP contribution in [0.1, 0.15) is 38.3 Å². The molecule has 0 aliphatic carbocycles. The second-order valence-electron chi connectivity index (χ2n) is 4.36. The van der Waals surface area contributed by atoms with Gasteiger partial charge in [0.15, 0.2) is 0 Å². The predicted octanol–water partition coefficient (Wildman–Crippen LogP) is 2.48. The van der Waals surface area contributed by atoms with Crippen LogP contribution in [0.3, 0.4) is 0 Å². The van der Waals surface area contributed by atoms with E-state index in [2.05, 4.69) is 5.32 Å². The maximum atomic E-state index is 12.1. The quantitative estimate of drug-likeness (QED) is 0.786. The average Bonchev–Trinajstić information content (AvgIpc) is 2.36. The topological polar surface area (TPSA) is 66.4 Å². The number of carboxylic acid groups (broad SMARTS) is 1. The second-order valence-corrected chi connectivity index (χ2v) is 5.34.